The van der Waals surface area contributed by atoms with Gasteiger partial charge in [0.15, 0.2) is 0 Å². The molecule has 1 saturated heterocycles. The van der Waals surface area contributed by atoms with Crippen LogP contribution in [-0.4, -0.2) is 61.3 Å². The topological polar surface area (TPSA) is 54.2 Å². The summed E-state index contributed by atoms with van der Waals surface area (Å²) in [5.41, 5.74) is 2.12. The number of aliphatic hydroxyl groups is 1. The monoisotopic (exact) mass is 397 g/mol. The van der Waals surface area contributed by atoms with Crippen LogP contribution in [0.4, 0.5) is 0 Å². The first-order valence-corrected chi connectivity index (χ1v) is 10.4. The summed E-state index contributed by atoms with van der Waals surface area (Å²) in [5.74, 6) is 0.873. The molecule has 156 valence electrons. The maximum atomic E-state index is 12.5. The Labute approximate surface area is 173 Å². The van der Waals surface area contributed by atoms with Gasteiger partial charge in [-0.25, -0.2) is 0 Å². The Morgan fingerprint density at radius 3 is 2.28 bits per heavy atom. The van der Waals surface area contributed by atoms with Crippen LogP contribution in [0, 0.1) is 0 Å². The van der Waals surface area contributed by atoms with Gasteiger partial charge in [0.1, 0.15) is 25.0 Å². The van der Waals surface area contributed by atoms with E-state index in [4.69, 9.17) is 4.74 Å². The minimum Gasteiger partial charge on any atom is -0.491 e. The number of quaternary nitrogens is 1. The molecule has 1 aliphatic heterocycles. The first-order chi connectivity index (χ1) is 13.8. The van der Waals surface area contributed by atoms with Crippen LogP contribution in [0.2, 0.25) is 0 Å². The molecule has 1 atom stereocenters. The standard InChI is InChI=1S/C24H32N2O3/c1-24(2,3)20-9-11-22(12-10-20)29-18-21(27)17-25-13-15-26(16-14-25)23(28)19-7-5-4-6-8-19/h4-12,21,27H,13-18H2,1-3H3/p+1/t21-/m1/s1. The van der Waals surface area contributed by atoms with Crippen molar-refractivity contribution >= 4 is 5.91 Å². The summed E-state index contributed by atoms with van der Waals surface area (Å²) < 4.78 is 5.77. The second kappa shape index (κ2) is 9.42. The number of aliphatic hydroxyl groups excluding tert-OH is 1. The number of nitrogens with one attached hydrogen (secondary N) is 1. The molecular weight excluding hydrogens is 364 g/mol. The highest BCUT2D eigenvalue weighted by molar-refractivity contribution is 5.94. The number of carbonyl (C=O) groups is 1. The predicted molar refractivity (Wildman–Crippen MR) is 115 cm³/mol. The van der Waals surface area contributed by atoms with Crippen LogP contribution in [0.1, 0.15) is 36.7 Å². The molecule has 1 amide bonds. The third kappa shape index (κ3) is 6.05. The zero-order chi connectivity index (χ0) is 20.9. The van der Waals surface area contributed by atoms with Crippen molar-refractivity contribution in [1.29, 1.82) is 0 Å². The molecule has 1 heterocycles. The van der Waals surface area contributed by atoms with E-state index in [0.717, 1.165) is 24.4 Å². The molecular formula is C24H33N2O3+. The van der Waals surface area contributed by atoms with Crippen molar-refractivity contribution in [3.05, 3.63) is 65.7 Å². The van der Waals surface area contributed by atoms with Crippen LogP contribution in [-0.2, 0) is 5.41 Å². The first-order valence-electron chi connectivity index (χ1n) is 10.4. The molecule has 2 aromatic rings. The minimum absolute atomic E-state index is 0.0900. The van der Waals surface area contributed by atoms with Crippen molar-refractivity contribution in [3.8, 4) is 5.75 Å². The molecule has 0 saturated carbocycles. The Morgan fingerprint density at radius 2 is 1.69 bits per heavy atom. The fourth-order valence-corrected chi connectivity index (χ4v) is 3.63. The highest BCUT2D eigenvalue weighted by Crippen LogP contribution is 2.24. The van der Waals surface area contributed by atoms with Gasteiger partial charge in [-0.15, -0.1) is 0 Å². The fraction of sp³-hybridized carbons (Fsp3) is 0.458. The Balaban J connectivity index is 1.40. The Hall–Kier alpha value is -2.37. The van der Waals surface area contributed by atoms with E-state index >= 15 is 0 Å². The van der Waals surface area contributed by atoms with Gasteiger partial charge in [-0.2, -0.15) is 0 Å². The van der Waals surface area contributed by atoms with E-state index in [0.29, 0.717) is 19.6 Å². The molecule has 0 bridgehead atoms. The summed E-state index contributed by atoms with van der Waals surface area (Å²) in [6.45, 7) is 10.6. The summed E-state index contributed by atoms with van der Waals surface area (Å²) >= 11 is 0. The number of piperazine rings is 1. The van der Waals surface area contributed by atoms with Crippen molar-refractivity contribution in [2.24, 2.45) is 0 Å². The fourth-order valence-electron chi connectivity index (χ4n) is 3.63. The molecule has 0 spiro atoms. The molecule has 0 aromatic heterocycles. The maximum Gasteiger partial charge on any atom is 0.254 e. The minimum atomic E-state index is -0.524. The number of benzene rings is 2. The van der Waals surface area contributed by atoms with Crippen molar-refractivity contribution in [3.63, 3.8) is 0 Å². The zero-order valence-electron chi connectivity index (χ0n) is 17.7. The van der Waals surface area contributed by atoms with E-state index in [1.165, 1.54) is 10.5 Å². The molecule has 0 unspecified atom stereocenters. The molecule has 29 heavy (non-hydrogen) atoms. The second-order valence-electron chi connectivity index (χ2n) is 8.85. The van der Waals surface area contributed by atoms with Gasteiger partial charge < -0.3 is 19.6 Å². The van der Waals surface area contributed by atoms with Crippen molar-refractivity contribution in [2.75, 3.05) is 39.3 Å². The smallest absolute Gasteiger partial charge is 0.254 e. The average Bonchev–Trinajstić information content (AvgIpc) is 2.72. The summed E-state index contributed by atoms with van der Waals surface area (Å²) in [4.78, 5) is 15.7. The largest absolute Gasteiger partial charge is 0.491 e. The van der Waals surface area contributed by atoms with E-state index in [1.807, 2.05) is 47.4 Å². The normalized spacial score (nSPS) is 16.5. The van der Waals surface area contributed by atoms with E-state index < -0.39 is 6.10 Å². The van der Waals surface area contributed by atoms with Gasteiger partial charge >= 0.3 is 0 Å². The molecule has 0 radical (unpaired) electrons. The molecule has 2 N–H and O–H groups in total. The zero-order valence-corrected chi connectivity index (χ0v) is 17.7. The number of rotatable bonds is 6. The average molecular weight is 398 g/mol. The van der Waals surface area contributed by atoms with Crippen LogP contribution in [0.25, 0.3) is 0 Å². The van der Waals surface area contributed by atoms with E-state index in [9.17, 15) is 9.90 Å². The quantitative estimate of drug-likeness (QED) is 0.781. The second-order valence-corrected chi connectivity index (χ2v) is 8.85. The maximum absolute atomic E-state index is 12.5. The molecule has 5 heteroatoms. The van der Waals surface area contributed by atoms with Gasteiger partial charge in [0.05, 0.1) is 26.2 Å². The van der Waals surface area contributed by atoms with Gasteiger partial charge in [-0.3, -0.25) is 4.79 Å². The van der Waals surface area contributed by atoms with Crippen molar-refractivity contribution in [2.45, 2.75) is 32.3 Å². The molecule has 1 aliphatic rings. The third-order valence-electron chi connectivity index (χ3n) is 5.47. The van der Waals surface area contributed by atoms with Crippen LogP contribution in [0.3, 0.4) is 0 Å². The van der Waals surface area contributed by atoms with Crippen molar-refractivity contribution in [1.82, 2.24) is 4.90 Å². The summed E-state index contributed by atoms with van der Waals surface area (Å²) in [5, 5.41) is 10.4. The Bertz CT molecular complexity index is 776. The van der Waals surface area contributed by atoms with Gasteiger partial charge in [0, 0.05) is 5.56 Å². The van der Waals surface area contributed by atoms with E-state index in [1.54, 1.807) is 0 Å². The third-order valence-corrected chi connectivity index (χ3v) is 5.47. The van der Waals surface area contributed by atoms with E-state index in [2.05, 4.69) is 32.9 Å². The molecule has 1 fully saturated rings. The lowest BCUT2D eigenvalue weighted by atomic mass is 9.87. The molecule has 3 rings (SSSR count). The van der Waals surface area contributed by atoms with E-state index in [-0.39, 0.29) is 17.9 Å². The predicted octanol–water partition coefficient (Wildman–Crippen LogP) is 1.76. The SMILES string of the molecule is CC(C)(C)c1ccc(OC[C@H](O)C[NH+]2CCN(C(=O)c3ccccc3)CC2)cc1. The van der Waals surface area contributed by atoms with Crippen LogP contribution >= 0.6 is 0 Å². The lowest BCUT2D eigenvalue weighted by molar-refractivity contribution is -0.907. The molecule has 2 aromatic carbocycles. The number of ether oxygens (including phenoxy) is 1. The summed E-state index contributed by atoms with van der Waals surface area (Å²) in [7, 11) is 0. The number of nitrogens with zero attached hydrogens (tertiary/aromatic N) is 1. The number of hydrogen-bond acceptors (Lipinski definition) is 3. The van der Waals surface area contributed by atoms with Gasteiger partial charge in [0.2, 0.25) is 0 Å². The lowest BCUT2D eigenvalue weighted by Gasteiger charge is -2.33. The van der Waals surface area contributed by atoms with Crippen LogP contribution in [0.5, 0.6) is 5.75 Å². The van der Waals surface area contributed by atoms with Crippen LogP contribution < -0.4 is 9.64 Å². The lowest BCUT2D eigenvalue weighted by Crippen LogP contribution is -3.16. The van der Waals surface area contributed by atoms with Gasteiger partial charge in [-0.1, -0.05) is 51.1 Å². The number of carbonyl (C=O) groups excluding carboxylic acids is 1. The van der Waals surface area contributed by atoms with Gasteiger partial charge in [-0.05, 0) is 35.2 Å². The highest BCUT2D eigenvalue weighted by Gasteiger charge is 2.26. The number of hydrogen-bond donors (Lipinski definition) is 2. The highest BCUT2D eigenvalue weighted by atomic mass is 16.5. The van der Waals surface area contributed by atoms with Gasteiger partial charge in [0.25, 0.3) is 5.91 Å². The summed E-state index contributed by atoms with van der Waals surface area (Å²) in [6.07, 6.45) is -0.524. The number of amides is 1. The van der Waals surface area contributed by atoms with Crippen LogP contribution in [0.15, 0.2) is 54.6 Å². The Kier molecular flexibility index (Phi) is 6.93. The first kappa shape index (κ1) is 21.3. The Morgan fingerprint density at radius 1 is 1.07 bits per heavy atom. The summed E-state index contributed by atoms with van der Waals surface area (Å²) in [6, 6.07) is 17.5. The van der Waals surface area contributed by atoms with Crippen molar-refractivity contribution < 1.29 is 19.5 Å². The molecule has 5 nitrogen and oxygen atoms in total. The molecule has 0 aliphatic carbocycles.